The maximum atomic E-state index is 10.7. The number of primary amides is 1. The van der Waals surface area contributed by atoms with E-state index in [0.29, 0.717) is 6.54 Å². The molecule has 3 N–H and O–H groups in total. The maximum Gasteiger partial charge on any atom is 0.234 e. The van der Waals surface area contributed by atoms with Crippen LogP contribution in [0.15, 0.2) is 22.8 Å². The number of nitrogens with one attached hydrogen (secondary N) is 1. The van der Waals surface area contributed by atoms with Crippen LogP contribution in [0.1, 0.15) is 12.6 Å². The molecule has 0 aromatic carbocycles. The highest BCUT2D eigenvalue weighted by Crippen LogP contribution is 2.05. The number of pyridine rings is 1. The second-order valence-corrected chi connectivity index (χ2v) is 3.77. The molecule has 76 valence electrons. The average molecular weight is 258 g/mol. The van der Waals surface area contributed by atoms with Crippen LogP contribution in [-0.2, 0) is 11.3 Å². The van der Waals surface area contributed by atoms with Crippen LogP contribution in [-0.4, -0.2) is 16.9 Å². The van der Waals surface area contributed by atoms with Crippen molar-refractivity contribution in [1.82, 2.24) is 10.3 Å². The Morgan fingerprint density at radius 1 is 1.71 bits per heavy atom. The van der Waals surface area contributed by atoms with E-state index >= 15 is 0 Å². The number of halogens is 1. The number of carbonyl (C=O) groups excluding carboxylic acids is 1. The zero-order valence-electron chi connectivity index (χ0n) is 7.83. The van der Waals surface area contributed by atoms with E-state index in [9.17, 15) is 4.79 Å². The van der Waals surface area contributed by atoms with Crippen molar-refractivity contribution >= 4 is 21.8 Å². The molecular formula is C9H12BrN3O. The van der Waals surface area contributed by atoms with Gasteiger partial charge >= 0.3 is 0 Å². The third-order valence-corrected chi connectivity index (χ3v) is 2.23. The highest BCUT2D eigenvalue weighted by Gasteiger charge is 2.07. The molecule has 1 aromatic heterocycles. The van der Waals surface area contributed by atoms with Gasteiger partial charge in [0, 0.05) is 6.54 Å². The fourth-order valence-electron chi connectivity index (χ4n) is 0.907. The van der Waals surface area contributed by atoms with Gasteiger partial charge in [0.05, 0.1) is 11.7 Å². The van der Waals surface area contributed by atoms with Gasteiger partial charge in [-0.1, -0.05) is 6.07 Å². The van der Waals surface area contributed by atoms with Crippen LogP contribution in [0.2, 0.25) is 0 Å². The van der Waals surface area contributed by atoms with Crippen molar-refractivity contribution in [2.24, 2.45) is 5.73 Å². The molecule has 1 rings (SSSR count). The molecule has 0 aliphatic rings. The average Bonchev–Trinajstić information content (AvgIpc) is 2.14. The van der Waals surface area contributed by atoms with Crippen LogP contribution in [0.5, 0.6) is 0 Å². The van der Waals surface area contributed by atoms with Crippen molar-refractivity contribution in [2.45, 2.75) is 19.5 Å². The molecule has 1 unspecified atom stereocenters. The van der Waals surface area contributed by atoms with E-state index in [4.69, 9.17) is 5.73 Å². The number of amides is 1. The molecule has 1 amide bonds. The Kier molecular flexibility index (Phi) is 4.03. The minimum atomic E-state index is -0.361. The molecule has 0 saturated carbocycles. The predicted octanol–water partition coefficient (Wildman–Crippen LogP) is 0.808. The number of nitrogens with zero attached hydrogens (tertiary/aromatic N) is 1. The van der Waals surface area contributed by atoms with Crippen molar-refractivity contribution in [3.63, 3.8) is 0 Å². The first-order valence-electron chi connectivity index (χ1n) is 4.23. The summed E-state index contributed by atoms with van der Waals surface area (Å²) in [4.78, 5) is 14.9. The fraction of sp³-hybridized carbons (Fsp3) is 0.333. The third-order valence-electron chi connectivity index (χ3n) is 1.79. The normalized spacial score (nSPS) is 12.4. The van der Waals surface area contributed by atoms with Crippen LogP contribution in [0.4, 0.5) is 0 Å². The molecule has 4 nitrogen and oxygen atoms in total. The van der Waals surface area contributed by atoms with Crippen molar-refractivity contribution in [1.29, 1.82) is 0 Å². The minimum Gasteiger partial charge on any atom is -0.368 e. The molecule has 0 radical (unpaired) electrons. The molecule has 0 fully saturated rings. The van der Waals surface area contributed by atoms with E-state index in [0.717, 1.165) is 10.3 Å². The van der Waals surface area contributed by atoms with Crippen LogP contribution >= 0.6 is 15.9 Å². The lowest BCUT2D eigenvalue weighted by Crippen LogP contribution is -2.38. The molecule has 0 aliphatic heterocycles. The molecule has 1 heterocycles. The topological polar surface area (TPSA) is 68.0 Å². The largest absolute Gasteiger partial charge is 0.368 e. The van der Waals surface area contributed by atoms with Gasteiger partial charge in [-0.2, -0.15) is 0 Å². The summed E-state index contributed by atoms with van der Waals surface area (Å²) < 4.78 is 0.781. The molecule has 1 aromatic rings. The van der Waals surface area contributed by atoms with Gasteiger partial charge in [0.2, 0.25) is 5.91 Å². The van der Waals surface area contributed by atoms with Gasteiger partial charge < -0.3 is 11.1 Å². The molecule has 0 saturated heterocycles. The lowest BCUT2D eigenvalue weighted by Gasteiger charge is -2.09. The van der Waals surface area contributed by atoms with Crippen LogP contribution < -0.4 is 11.1 Å². The Bertz CT molecular complexity index is 330. The molecular weight excluding hydrogens is 246 g/mol. The van der Waals surface area contributed by atoms with Crippen molar-refractivity contribution in [3.05, 3.63) is 28.5 Å². The summed E-state index contributed by atoms with van der Waals surface area (Å²) in [7, 11) is 0. The molecule has 14 heavy (non-hydrogen) atoms. The first-order valence-corrected chi connectivity index (χ1v) is 5.03. The van der Waals surface area contributed by atoms with E-state index in [2.05, 4.69) is 26.2 Å². The number of carbonyl (C=O) groups is 1. The van der Waals surface area contributed by atoms with Crippen LogP contribution in [0.3, 0.4) is 0 Å². The summed E-state index contributed by atoms with van der Waals surface area (Å²) in [5.74, 6) is -0.361. The Hall–Kier alpha value is -0.940. The summed E-state index contributed by atoms with van der Waals surface area (Å²) >= 11 is 3.27. The van der Waals surface area contributed by atoms with Gasteiger partial charge in [-0.15, -0.1) is 0 Å². The van der Waals surface area contributed by atoms with E-state index < -0.39 is 0 Å². The summed E-state index contributed by atoms with van der Waals surface area (Å²) in [6, 6.07) is 5.28. The fourth-order valence-corrected chi connectivity index (χ4v) is 1.29. The van der Waals surface area contributed by atoms with Gasteiger partial charge in [0.15, 0.2) is 0 Å². The van der Waals surface area contributed by atoms with Gasteiger partial charge in [-0.3, -0.25) is 4.79 Å². The molecule has 1 atom stereocenters. The van der Waals surface area contributed by atoms with E-state index in [1.54, 1.807) is 6.92 Å². The van der Waals surface area contributed by atoms with E-state index in [1.165, 1.54) is 0 Å². The lowest BCUT2D eigenvalue weighted by molar-refractivity contribution is -0.119. The Morgan fingerprint density at radius 3 is 3.00 bits per heavy atom. The maximum absolute atomic E-state index is 10.7. The van der Waals surface area contributed by atoms with Crippen LogP contribution in [0.25, 0.3) is 0 Å². The quantitative estimate of drug-likeness (QED) is 0.785. The Morgan fingerprint density at radius 2 is 2.43 bits per heavy atom. The molecule has 0 aliphatic carbocycles. The first kappa shape index (κ1) is 11.1. The molecule has 5 heteroatoms. The summed E-state index contributed by atoms with van der Waals surface area (Å²) in [5.41, 5.74) is 5.97. The Balaban J connectivity index is 2.49. The van der Waals surface area contributed by atoms with E-state index in [-0.39, 0.29) is 11.9 Å². The monoisotopic (exact) mass is 257 g/mol. The highest BCUT2D eigenvalue weighted by atomic mass is 79.9. The predicted molar refractivity (Wildman–Crippen MR) is 57.4 cm³/mol. The second-order valence-electron chi connectivity index (χ2n) is 2.96. The zero-order chi connectivity index (χ0) is 10.6. The van der Waals surface area contributed by atoms with Gasteiger partial charge in [-0.25, -0.2) is 4.98 Å². The minimum absolute atomic E-state index is 0.337. The number of hydrogen-bond acceptors (Lipinski definition) is 3. The zero-order valence-corrected chi connectivity index (χ0v) is 9.41. The Labute approximate surface area is 91.0 Å². The SMILES string of the molecule is CC(NCc1cccc(Br)n1)C(N)=O. The number of nitrogens with two attached hydrogens (primary N) is 1. The summed E-state index contributed by atoms with van der Waals surface area (Å²) in [6.07, 6.45) is 0. The van der Waals surface area contributed by atoms with Gasteiger partial charge in [0.1, 0.15) is 4.60 Å². The third kappa shape index (κ3) is 3.43. The lowest BCUT2D eigenvalue weighted by atomic mass is 10.3. The van der Waals surface area contributed by atoms with Crippen LogP contribution in [0, 0.1) is 0 Å². The molecule has 0 spiro atoms. The van der Waals surface area contributed by atoms with Crippen molar-refractivity contribution < 1.29 is 4.79 Å². The van der Waals surface area contributed by atoms with Gasteiger partial charge in [-0.05, 0) is 35.0 Å². The van der Waals surface area contributed by atoms with Crippen molar-refractivity contribution in [2.75, 3.05) is 0 Å². The van der Waals surface area contributed by atoms with Gasteiger partial charge in [0.25, 0.3) is 0 Å². The first-order chi connectivity index (χ1) is 6.59. The number of hydrogen-bond donors (Lipinski definition) is 2. The second kappa shape index (κ2) is 5.07. The molecule has 0 bridgehead atoms. The van der Waals surface area contributed by atoms with Crippen molar-refractivity contribution in [3.8, 4) is 0 Å². The smallest absolute Gasteiger partial charge is 0.234 e. The standard InChI is InChI=1S/C9H12BrN3O/c1-6(9(11)14)12-5-7-3-2-4-8(10)13-7/h2-4,6,12H,5H2,1H3,(H2,11,14). The summed E-state index contributed by atoms with van der Waals surface area (Å²) in [5, 5.41) is 2.97. The number of aromatic nitrogens is 1. The highest BCUT2D eigenvalue weighted by molar-refractivity contribution is 9.10. The number of rotatable bonds is 4. The van der Waals surface area contributed by atoms with E-state index in [1.807, 2.05) is 18.2 Å². The summed E-state index contributed by atoms with van der Waals surface area (Å²) in [6.45, 7) is 2.25.